The molecule has 2 aliphatic rings. The highest BCUT2D eigenvalue weighted by Crippen LogP contribution is 2.46. The number of ether oxygens (including phenoxy) is 2. The smallest absolute Gasteiger partial charge is 0.254 e. The van der Waals surface area contributed by atoms with Gasteiger partial charge in [-0.1, -0.05) is 39.8 Å². The molecule has 0 bridgehead atoms. The third-order valence-corrected chi connectivity index (χ3v) is 9.53. The molecule has 7 nitrogen and oxygen atoms in total. The van der Waals surface area contributed by atoms with Crippen molar-refractivity contribution in [3.63, 3.8) is 0 Å². The lowest BCUT2D eigenvalue weighted by Gasteiger charge is -2.42. The lowest BCUT2D eigenvalue weighted by molar-refractivity contribution is 0.0690. The first-order valence-corrected chi connectivity index (χ1v) is 15.0. The molecule has 224 valence electrons. The topological polar surface area (TPSA) is 103 Å². The third-order valence-electron chi connectivity index (χ3n) is 9.53. The average Bonchev–Trinajstić information content (AvgIpc) is 2.94. The maximum atomic E-state index is 14.2. The molecule has 0 heterocycles. The summed E-state index contributed by atoms with van der Waals surface area (Å²) in [7, 11) is 3.22. The summed E-state index contributed by atoms with van der Waals surface area (Å²) in [5.41, 5.74) is 17.3. The lowest BCUT2D eigenvalue weighted by atomic mass is 9.62. The molecule has 0 aliphatic heterocycles. The van der Waals surface area contributed by atoms with E-state index in [1.165, 1.54) is 28.7 Å². The Bertz CT molecular complexity index is 1250. The molecule has 4 rings (SSSR count). The van der Waals surface area contributed by atoms with Crippen LogP contribution in [0.3, 0.4) is 0 Å². The number of hydrogen-bond acceptors (Lipinski definition) is 4. The van der Waals surface area contributed by atoms with Crippen molar-refractivity contribution in [3.8, 4) is 11.5 Å². The summed E-state index contributed by atoms with van der Waals surface area (Å²) in [6, 6.07) is 10.2. The molecule has 0 aromatic heterocycles. The van der Waals surface area contributed by atoms with E-state index in [2.05, 4.69) is 51.7 Å². The summed E-state index contributed by atoms with van der Waals surface area (Å²) in [5, 5.41) is 0. The number of nitrogens with two attached hydrogens (primary N) is 2. The molecule has 2 aromatic carbocycles. The van der Waals surface area contributed by atoms with Crippen molar-refractivity contribution >= 4 is 11.9 Å². The molecule has 1 saturated carbocycles. The molecule has 1 amide bonds. The van der Waals surface area contributed by atoms with Gasteiger partial charge in [-0.3, -0.25) is 9.79 Å². The Labute approximate surface area is 246 Å². The first-order chi connectivity index (χ1) is 19.3. The van der Waals surface area contributed by atoms with Gasteiger partial charge in [-0.25, -0.2) is 0 Å². The molecule has 0 unspecified atom stereocenters. The molecule has 0 atom stereocenters. The van der Waals surface area contributed by atoms with E-state index in [1.807, 2.05) is 17.0 Å². The Morgan fingerprint density at radius 1 is 0.878 bits per heavy atom. The van der Waals surface area contributed by atoms with Gasteiger partial charge in [0.15, 0.2) is 5.96 Å². The number of fused-ring (bicyclic) bond motifs is 1. The lowest BCUT2D eigenvalue weighted by Crippen LogP contribution is -2.37. The highest BCUT2D eigenvalue weighted by molar-refractivity contribution is 5.95. The van der Waals surface area contributed by atoms with Gasteiger partial charge in [-0.15, -0.1) is 0 Å². The van der Waals surface area contributed by atoms with E-state index in [1.54, 1.807) is 20.3 Å². The van der Waals surface area contributed by atoms with Crippen LogP contribution in [-0.4, -0.2) is 44.1 Å². The van der Waals surface area contributed by atoms with Crippen LogP contribution < -0.4 is 20.9 Å². The zero-order valence-corrected chi connectivity index (χ0v) is 26.2. The molecule has 41 heavy (non-hydrogen) atoms. The maximum absolute atomic E-state index is 14.2. The third kappa shape index (κ3) is 7.17. The molecule has 4 N–H and O–H groups in total. The number of nitrogens with zero attached hydrogens (tertiary/aromatic N) is 2. The highest BCUT2D eigenvalue weighted by Gasteiger charge is 2.37. The van der Waals surface area contributed by atoms with Gasteiger partial charge >= 0.3 is 0 Å². The largest absolute Gasteiger partial charge is 0.497 e. The average molecular weight is 563 g/mol. The number of methoxy groups -OCH3 is 2. The van der Waals surface area contributed by atoms with E-state index in [0.29, 0.717) is 48.5 Å². The Morgan fingerprint density at radius 2 is 1.41 bits per heavy atom. The second-order valence-electron chi connectivity index (χ2n) is 13.5. The number of carbonyl (C=O) groups is 1. The molecule has 7 heteroatoms. The van der Waals surface area contributed by atoms with Crippen LogP contribution in [0.5, 0.6) is 11.5 Å². The van der Waals surface area contributed by atoms with E-state index in [9.17, 15) is 4.79 Å². The number of carbonyl (C=O) groups excluding carboxylic acids is 1. The standard InChI is InChI=1S/C34H50N4O3/c1-22-14-29-30(34(4,5)13-12-33(29,2)3)17-26(22)21-38(20-24-10-8-23(9-11-24)19-37-32(35)36)31(39)25-15-27(40-6)18-28(16-25)41-7/h14-18,23-24H,8-13,19-21H2,1-7H3,(H4,35,36,37). The van der Waals surface area contributed by atoms with Crippen molar-refractivity contribution in [2.45, 2.75) is 90.5 Å². The van der Waals surface area contributed by atoms with Crippen LogP contribution in [0.4, 0.5) is 0 Å². The minimum absolute atomic E-state index is 0.00143. The Morgan fingerprint density at radius 3 is 1.95 bits per heavy atom. The minimum atomic E-state index is 0.00143. The van der Waals surface area contributed by atoms with Crippen molar-refractivity contribution in [2.24, 2.45) is 28.3 Å². The van der Waals surface area contributed by atoms with Crippen LogP contribution in [0.15, 0.2) is 35.3 Å². The van der Waals surface area contributed by atoms with Crippen LogP contribution in [0, 0.1) is 18.8 Å². The maximum Gasteiger partial charge on any atom is 0.254 e. The summed E-state index contributed by atoms with van der Waals surface area (Å²) in [6.07, 6.45) is 6.58. The van der Waals surface area contributed by atoms with Gasteiger partial charge in [0.1, 0.15) is 11.5 Å². The van der Waals surface area contributed by atoms with Crippen LogP contribution in [0.1, 0.15) is 98.8 Å². The van der Waals surface area contributed by atoms with E-state index in [0.717, 1.165) is 32.1 Å². The van der Waals surface area contributed by atoms with Gasteiger partial charge in [-0.05, 0) is 103 Å². The zero-order valence-electron chi connectivity index (χ0n) is 26.2. The Hall–Kier alpha value is -3.22. The zero-order chi connectivity index (χ0) is 29.9. The number of rotatable bonds is 9. The summed E-state index contributed by atoms with van der Waals surface area (Å²) in [5.74, 6) is 2.30. The SMILES string of the molecule is COc1cc(OC)cc(C(=O)N(Cc2cc3c(cc2C)C(C)(C)CCC3(C)C)CC2CCC(CN=C(N)N)CC2)c1. The van der Waals surface area contributed by atoms with E-state index < -0.39 is 0 Å². The quantitative estimate of drug-likeness (QED) is 0.285. The second kappa shape index (κ2) is 12.3. The molecular weight excluding hydrogens is 512 g/mol. The van der Waals surface area contributed by atoms with Gasteiger partial charge in [0.05, 0.1) is 14.2 Å². The number of amides is 1. The van der Waals surface area contributed by atoms with Gasteiger partial charge in [0.25, 0.3) is 5.91 Å². The van der Waals surface area contributed by atoms with Gasteiger partial charge in [0, 0.05) is 31.3 Å². The normalized spacial score (nSPS) is 21.0. The summed E-state index contributed by atoms with van der Waals surface area (Å²) in [6.45, 7) is 13.6. The van der Waals surface area contributed by atoms with E-state index in [-0.39, 0.29) is 22.7 Å². The summed E-state index contributed by atoms with van der Waals surface area (Å²) < 4.78 is 11.0. The number of aliphatic imine (C=N–C) groups is 1. The second-order valence-corrected chi connectivity index (χ2v) is 13.5. The Balaban J connectivity index is 1.65. The number of benzene rings is 2. The molecule has 0 saturated heterocycles. The van der Waals surface area contributed by atoms with E-state index >= 15 is 0 Å². The van der Waals surface area contributed by atoms with Crippen molar-refractivity contribution in [1.29, 1.82) is 0 Å². The fraction of sp³-hybridized carbons (Fsp3) is 0.588. The monoisotopic (exact) mass is 562 g/mol. The minimum Gasteiger partial charge on any atom is -0.497 e. The summed E-state index contributed by atoms with van der Waals surface area (Å²) in [4.78, 5) is 20.5. The fourth-order valence-electron chi connectivity index (χ4n) is 6.62. The first-order valence-electron chi connectivity index (χ1n) is 15.0. The number of hydrogen-bond donors (Lipinski definition) is 2. The van der Waals surface area contributed by atoms with Crippen molar-refractivity contribution in [2.75, 3.05) is 27.3 Å². The van der Waals surface area contributed by atoms with E-state index in [4.69, 9.17) is 20.9 Å². The first kappa shape index (κ1) is 30.7. The van der Waals surface area contributed by atoms with Gasteiger partial charge < -0.3 is 25.8 Å². The molecular formula is C34H50N4O3. The van der Waals surface area contributed by atoms with Crippen LogP contribution in [0.2, 0.25) is 0 Å². The van der Waals surface area contributed by atoms with Crippen molar-refractivity contribution in [3.05, 3.63) is 58.1 Å². The summed E-state index contributed by atoms with van der Waals surface area (Å²) >= 11 is 0. The molecule has 0 radical (unpaired) electrons. The van der Waals surface area contributed by atoms with Crippen molar-refractivity contribution in [1.82, 2.24) is 4.90 Å². The van der Waals surface area contributed by atoms with Gasteiger partial charge in [-0.2, -0.15) is 0 Å². The molecule has 0 spiro atoms. The van der Waals surface area contributed by atoms with Crippen LogP contribution in [-0.2, 0) is 17.4 Å². The highest BCUT2D eigenvalue weighted by atomic mass is 16.5. The molecule has 2 aliphatic carbocycles. The molecule has 1 fully saturated rings. The predicted octanol–water partition coefficient (Wildman–Crippen LogP) is 6.08. The predicted molar refractivity (Wildman–Crippen MR) is 167 cm³/mol. The number of aryl methyl sites for hydroxylation is 1. The van der Waals surface area contributed by atoms with Gasteiger partial charge in [0.2, 0.25) is 0 Å². The number of guanidine groups is 1. The molecule has 2 aromatic rings. The van der Waals surface area contributed by atoms with Crippen molar-refractivity contribution < 1.29 is 14.3 Å². The Kier molecular flexibility index (Phi) is 9.25. The van der Waals surface area contributed by atoms with Crippen LogP contribution in [0.25, 0.3) is 0 Å². The fourth-order valence-corrected chi connectivity index (χ4v) is 6.62. The van der Waals surface area contributed by atoms with Crippen LogP contribution >= 0.6 is 0 Å².